The lowest BCUT2D eigenvalue weighted by Crippen LogP contribution is -2.43. The Morgan fingerprint density at radius 1 is 1.32 bits per heavy atom. The largest absolute Gasteiger partial charge is 0.480 e. The van der Waals surface area contributed by atoms with Crippen molar-refractivity contribution >= 4 is 11.9 Å². The number of aliphatic hydroxyl groups excluding tert-OH is 1. The second-order valence-electron chi connectivity index (χ2n) is 3.63. The van der Waals surface area contributed by atoms with Crippen molar-refractivity contribution in [2.45, 2.75) is 12.2 Å². The van der Waals surface area contributed by atoms with Crippen molar-refractivity contribution in [2.24, 2.45) is 0 Å². The summed E-state index contributed by atoms with van der Waals surface area (Å²) in [4.78, 5) is 22.1. The maximum atomic E-state index is 12.4. The van der Waals surface area contributed by atoms with Crippen LogP contribution < -0.4 is 5.32 Å². The Balaban J connectivity index is 2.92. The Morgan fingerprint density at radius 2 is 1.95 bits per heavy atom. The predicted octanol–water partition coefficient (Wildman–Crippen LogP) is 0.881. The molecule has 5 nitrogen and oxygen atoms in total. The van der Waals surface area contributed by atoms with Gasteiger partial charge in [0.1, 0.15) is 0 Å². The minimum absolute atomic E-state index is 0.338. The van der Waals surface area contributed by atoms with Crippen molar-refractivity contribution in [3.63, 3.8) is 0 Å². The fourth-order valence-corrected chi connectivity index (χ4v) is 1.26. The predicted molar refractivity (Wildman–Crippen MR) is 57.4 cm³/mol. The van der Waals surface area contributed by atoms with Gasteiger partial charge in [0.15, 0.2) is 6.04 Å². The summed E-state index contributed by atoms with van der Waals surface area (Å²) >= 11 is 0. The van der Waals surface area contributed by atoms with Crippen LogP contribution in [0.25, 0.3) is 0 Å². The molecule has 0 bridgehead atoms. The topological polar surface area (TPSA) is 86.6 Å². The molecule has 3 N–H and O–H groups in total. The molecule has 0 heterocycles. The molecular formula is C11H10F3NO4. The van der Waals surface area contributed by atoms with Crippen molar-refractivity contribution in [3.8, 4) is 0 Å². The van der Waals surface area contributed by atoms with Gasteiger partial charge < -0.3 is 15.5 Å². The first-order valence-electron chi connectivity index (χ1n) is 5.07. The van der Waals surface area contributed by atoms with Gasteiger partial charge in [-0.2, -0.15) is 13.2 Å². The van der Waals surface area contributed by atoms with Crippen molar-refractivity contribution < 1.29 is 33.0 Å². The number of benzene rings is 1. The van der Waals surface area contributed by atoms with Gasteiger partial charge in [-0.05, 0) is 18.2 Å². The second kappa shape index (κ2) is 5.70. The zero-order valence-electron chi connectivity index (χ0n) is 9.44. The number of alkyl halides is 3. The lowest BCUT2D eigenvalue weighted by Gasteiger charge is -2.12. The summed E-state index contributed by atoms with van der Waals surface area (Å²) in [5.74, 6) is -2.49. The highest BCUT2D eigenvalue weighted by Crippen LogP contribution is 2.29. The number of carbonyl (C=O) groups is 2. The SMILES string of the molecule is O=C(N[C@H](CO)C(=O)O)c1cccc(C(F)(F)F)c1. The van der Waals surface area contributed by atoms with Crippen molar-refractivity contribution in [3.05, 3.63) is 35.4 Å². The summed E-state index contributed by atoms with van der Waals surface area (Å²) in [7, 11) is 0. The van der Waals surface area contributed by atoms with Gasteiger partial charge in [-0.25, -0.2) is 4.79 Å². The van der Waals surface area contributed by atoms with Crippen LogP contribution in [-0.2, 0) is 11.0 Å². The fourth-order valence-electron chi connectivity index (χ4n) is 1.26. The Kier molecular flexibility index (Phi) is 4.49. The molecule has 0 aromatic heterocycles. The second-order valence-corrected chi connectivity index (χ2v) is 3.63. The summed E-state index contributed by atoms with van der Waals surface area (Å²) in [6.07, 6.45) is -4.60. The number of amides is 1. The van der Waals surface area contributed by atoms with E-state index in [4.69, 9.17) is 10.2 Å². The molecule has 1 aromatic carbocycles. The van der Waals surface area contributed by atoms with Gasteiger partial charge in [0.05, 0.1) is 12.2 Å². The van der Waals surface area contributed by atoms with Crippen LogP contribution in [0.5, 0.6) is 0 Å². The lowest BCUT2D eigenvalue weighted by molar-refractivity contribution is -0.140. The van der Waals surface area contributed by atoms with Crippen LogP contribution in [-0.4, -0.2) is 34.7 Å². The maximum absolute atomic E-state index is 12.4. The van der Waals surface area contributed by atoms with E-state index in [1.165, 1.54) is 0 Å². The number of rotatable bonds is 4. The highest BCUT2D eigenvalue weighted by Gasteiger charge is 2.31. The molecule has 0 aliphatic heterocycles. The molecule has 1 rings (SSSR count). The van der Waals surface area contributed by atoms with Crippen LogP contribution in [0, 0.1) is 0 Å². The molecule has 0 aliphatic rings. The van der Waals surface area contributed by atoms with Gasteiger partial charge in [0.2, 0.25) is 0 Å². The first-order chi connectivity index (χ1) is 8.75. The first kappa shape index (κ1) is 15.0. The van der Waals surface area contributed by atoms with Crippen LogP contribution in [0.4, 0.5) is 13.2 Å². The Hall–Kier alpha value is -2.09. The number of carbonyl (C=O) groups excluding carboxylic acids is 1. The highest BCUT2D eigenvalue weighted by molar-refractivity contribution is 5.96. The van der Waals surface area contributed by atoms with E-state index in [0.29, 0.717) is 6.07 Å². The average molecular weight is 277 g/mol. The molecule has 0 radical (unpaired) electrons. The lowest BCUT2D eigenvalue weighted by atomic mass is 10.1. The molecule has 104 valence electrons. The van der Waals surface area contributed by atoms with Crippen molar-refractivity contribution in [2.75, 3.05) is 6.61 Å². The van der Waals surface area contributed by atoms with Gasteiger partial charge in [-0.15, -0.1) is 0 Å². The molecular weight excluding hydrogens is 267 g/mol. The molecule has 1 amide bonds. The van der Waals surface area contributed by atoms with Crippen LogP contribution in [0.3, 0.4) is 0 Å². The molecule has 0 saturated carbocycles. The molecule has 0 aliphatic carbocycles. The van der Waals surface area contributed by atoms with E-state index in [0.717, 1.165) is 18.2 Å². The van der Waals surface area contributed by atoms with Crippen LogP contribution in [0.2, 0.25) is 0 Å². The molecule has 8 heteroatoms. The van der Waals surface area contributed by atoms with E-state index < -0.39 is 36.3 Å². The average Bonchev–Trinajstić information content (AvgIpc) is 2.34. The molecule has 0 spiro atoms. The molecule has 1 aromatic rings. The van der Waals surface area contributed by atoms with E-state index in [-0.39, 0.29) is 5.56 Å². The Bertz CT molecular complexity index is 487. The standard InChI is InChI=1S/C11H10F3NO4/c12-11(13,14)7-3-1-2-6(4-7)9(17)15-8(5-16)10(18)19/h1-4,8,16H,5H2,(H,15,17)(H,18,19)/t8-/m1/s1. The number of aliphatic carboxylic acids is 1. The van der Waals surface area contributed by atoms with E-state index in [9.17, 15) is 22.8 Å². The molecule has 0 unspecified atom stereocenters. The monoisotopic (exact) mass is 277 g/mol. The number of aliphatic hydroxyl groups is 1. The molecule has 0 saturated heterocycles. The van der Waals surface area contributed by atoms with E-state index in [1.54, 1.807) is 0 Å². The van der Waals surface area contributed by atoms with Crippen LogP contribution >= 0.6 is 0 Å². The third-order valence-electron chi connectivity index (χ3n) is 2.24. The summed E-state index contributed by atoms with van der Waals surface area (Å²) in [6.45, 7) is -0.861. The quantitative estimate of drug-likeness (QED) is 0.762. The van der Waals surface area contributed by atoms with E-state index in [2.05, 4.69) is 0 Å². The molecule has 1 atom stereocenters. The minimum atomic E-state index is -4.60. The third-order valence-corrected chi connectivity index (χ3v) is 2.24. The normalized spacial score (nSPS) is 12.8. The van der Waals surface area contributed by atoms with Gasteiger partial charge in [-0.3, -0.25) is 4.79 Å². The van der Waals surface area contributed by atoms with E-state index in [1.807, 2.05) is 5.32 Å². The van der Waals surface area contributed by atoms with Gasteiger partial charge in [-0.1, -0.05) is 6.07 Å². The summed E-state index contributed by atoms with van der Waals surface area (Å²) < 4.78 is 37.3. The van der Waals surface area contributed by atoms with Crippen LogP contribution in [0.15, 0.2) is 24.3 Å². The Morgan fingerprint density at radius 3 is 2.42 bits per heavy atom. The van der Waals surface area contributed by atoms with Gasteiger partial charge in [0, 0.05) is 5.56 Å². The first-order valence-corrected chi connectivity index (χ1v) is 5.07. The number of hydrogen-bond acceptors (Lipinski definition) is 3. The van der Waals surface area contributed by atoms with Crippen molar-refractivity contribution in [1.82, 2.24) is 5.32 Å². The molecule has 19 heavy (non-hydrogen) atoms. The summed E-state index contributed by atoms with van der Waals surface area (Å²) in [5, 5.41) is 19.2. The number of hydrogen-bond donors (Lipinski definition) is 3. The third kappa shape index (κ3) is 3.95. The Labute approximate surface area is 105 Å². The fraction of sp³-hybridized carbons (Fsp3) is 0.273. The van der Waals surface area contributed by atoms with Gasteiger partial charge >= 0.3 is 12.1 Å². The number of carboxylic acids is 1. The van der Waals surface area contributed by atoms with E-state index >= 15 is 0 Å². The van der Waals surface area contributed by atoms with Crippen LogP contribution in [0.1, 0.15) is 15.9 Å². The number of halogens is 3. The summed E-state index contributed by atoms with van der Waals surface area (Å²) in [5.41, 5.74) is -1.36. The number of nitrogens with one attached hydrogen (secondary N) is 1. The van der Waals surface area contributed by atoms with Crippen molar-refractivity contribution in [1.29, 1.82) is 0 Å². The zero-order valence-corrected chi connectivity index (χ0v) is 9.44. The zero-order chi connectivity index (χ0) is 14.6. The minimum Gasteiger partial charge on any atom is -0.480 e. The number of carboxylic acid groups (broad SMARTS) is 1. The smallest absolute Gasteiger partial charge is 0.416 e. The molecule has 0 fully saturated rings. The van der Waals surface area contributed by atoms with Gasteiger partial charge in [0.25, 0.3) is 5.91 Å². The summed E-state index contributed by atoms with van der Waals surface area (Å²) in [6, 6.07) is 1.97. The highest BCUT2D eigenvalue weighted by atomic mass is 19.4. The maximum Gasteiger partial charge on any atom is 0.416 e.